The molecule has 0 amide bonds. The van der Waals surface area contributed by atoms with Gasteiger partial charge in [0, 0.05) is 0 Å². The average molecular weight is 658 g/mol. The topological polar surface area (TPSA) is 67.7 Å². The maximum atomic E-state index is 6.78. The molecule has 1 unspecified atom stereocenters. The number of oxime groups is 1. The van der Waals surface area contributed by atoms with E-state index in [2.05, 4.69) is 17.3 Å². The lowest BCUT2D eigenvalue weighted by Gasteiger charge is -2.45. The Balaban J connectivity index is 1.28. The maximum absolute atomic E-state index is 6.78. The second-order valence-electron chi connectivity index (χ2n) is 11.9. The first-order valence-corrected chi connectivity index (χ1v) is 16.7. The summed E-state index contributed by atoms with van der Waals surface area (Å²) in [6.45, 7) is 2.15. The fourth-order valence-electron chi connectivity index (χ4n) is 5.73. The largest absolute Gasteiger partial charge is 0.391 e. The number of hydrogen-bond donors (Lipinski definition) is 0. The van der Waals surface area contributed by atoms with Gasteiger partial charge in [-0.1, -0.05) is 157 Å². The molecular weight excluding hydrogens is 614 g/mol. The molecule has 1 fully saturated rings. The normalized spacial score (nSPS) is 20.7. The molecule has 7 nitrogen and oxygen atoms in total. The Kier molecular flexibility index (Phi) is 13.1. The zero-order valence-electron chi connectivity index (χ0n) is 27.5. The average Bonchev–Trinajstić information content (AvgIpc) is 3.16. The standard InChI is InChI=1S/C42H43NO6/c1-6-16-33(17-7-1)27-44-32-39-41(46-29-35-20-10-3-11-21-35)42(47-30-36-22-12-4-13-23-36)40(45-28-34-18-8-2-9-19-34)38(49-39)26-43-48-31-37-24-14-5-15-25-37/h1-26,38-42H,27-32H2/b43-26+/t38?,39-,40+,41-,42-/m1/s1. The van der Waals surface area contributed by atoms with Gasteiger partial charge in [-0.15, -0.1) is 0 Å². The van der Waals surface area contributed by atoms with Gasteiger partial charge < -0.3 is 28.5 Å². The van der Waals surface area contributed by atoms with Crippen LogP contribution in [0, 0.1) is 0 Å². The van der Waals surface area contributed by atoms with E-state index in [-0.39, 0.29) is 6.61 Å². The van der Waals surface area contributed by atoms with Crippen molar-refractivity contribution in [3.8, 4) is 0 Å². The summed E-state index contributed by atoms with van der Waals surface area (Å²) < 4.78 is 33.2. The van der Waals surface area contributed by atoms with Crippen molar-refractivity contribution in [2.75, 3.05) is 6.61 Å². The van der Waals surface area contributed by atoms with Crippen LogP contribution in [-0.4, -0.2) is 43.3 Å². The highest BCUT2D eigenvalue weighted by molar-refractivity contribution is 5.64. The molecule has 49 heavy (non-hydrogen) atoms. The van der Waals surface area contributed by atoms with Gasteiger partial charge in [-0.05, 0) is 27.8 Å². The molecule has 0 bridgehead atoms. The Morgan fingerprint density at radius 2 is 0.837 bits per heavy atom. The first kappa shape index (κ1) is 34.2. The lowest BCUT2D eigenvalue weighted by molar-refractivity contribution is -0.258. The molecule has 252 valence electrons. The van der Waals surface area contributed by atoms with Gasteiger partial charge in [-0.25, -0.2) is 0 Å². The minimum absolute atomic E-state index is 0.278. The van der Waals surface area contributed by atoms with Gasteiger partial charge in [0.15, 0.2) is 0 Å². The summed E-state index contributed by atoms with van der Waals surface area (Å²) >= 11 is 0. The molecule has 5 atom stereocenters. The highest BCUT2D eigenvalue weighted by Gasteiger charge is 2.48. The van der Waals surface area contributed by atoms with Crippen LogP contribution in [0.25, 0.3) is 0 Å². The molecule has 5 aromatic rings. The van der Waals surface area contributed by atoms with Crippen LogP contribution in [0.1, 0.15) is 27.8 Å². The van der Waals surface area contributed by atoms with Crippen molar-refractivity contribution in [1.29, 1.82) is 0 Å². The van der Waals surface area contributed by atoms with Crippen molar-refractivity contribution >= 4 is 6.21 Å². The molecule has 0 saturated carbocycles. The van der Waals surface area contributed by atoms with Crippen molar-refractivity contribution in [3.05, 3.63) is 179 Å². The van der Waals surface area contributed by atoms with Gasteiger partial charge in [0.25, 0.3) is 0 Å². The van der Waals surface area contributed by atoms with Crippen LogP contribution in [0.5, 0.6) is 0 Å². The van der Waals surface area contributed by atoms with Crippen molar-refractivity contribution in [3.63, 3.8) is 0 Å². The Morgan fingerprint density at radius 3 is 1.31 bits per heavy atom. The smallest absolute Gasteiger partial charge is 0.142 e. The van der Waals surface area contributed by atoms with Crippen LogP contribution < -0.4 is 0 Å². The first-order valence-electron chi connectivity index (χ1n) is 16.7. The molecule has 1 aliphatic heterocycles. The lowest BCUT2D eigenvalue weighted by atomic mass is 9.94. The monoisotopic (exact) mass is 657 g/mol. The number of ether oxygens (including phenoxy) is 5. The van der Waals surface area contributed by atoms with Crippen LogP contribution in [0.2, 0.25) is 0 Å². The molecule has 1 saturated heterocycles. The van der Waals surface area contributed by atoms with Crippen molar-refractivity contribution in [2.45, 2.75) is 63.6 Å². The number of rotatable bonds is 17. The highest BCUT2D eigenvalue weighted by Crippen LogP contribution is 2.30. The highest BCUT2D eigenvalue weighted by atomic mass is 16.6. The molecule has 0 spiro atoms. The Morgan fingerprint density at radius 1 is 0.449 bits per heavy atom. The van der Waals surface area contributed by atoms with Gasteiger partial charge in [-0.2, -0.15) is 0 Å². The van der Waals surface area contributed by atoms with E-state index in [0.717, 1.165) is 27.8 Å². The Bertz CT molecular complexity index is 1640. The minimum atomic E-state index is -0.609. The number of benzene rings is 5. The predicted molar refractivity (Wildman–Crippen MR) is 190 cm³/mol. The third-order valence-electron chi connectivity index (χ3n) is 8.28. The zero-order chi connectivity index (χ0) is 33.4. The van der Waals surface area contributed by atoms with Crippen LogP contribution in [0.4, 0.5) is 0 Å². The van der Waals surface area contributed by atoms with Crippen LogP contribution in [0.3, 0.4) is 0 Å². The second kappa shape index (κ2) is 18.8. The molecule has 7 heteroatoms. The quantitative estimate of drug-likeness (QED) is 0.0748. The van der Waals surface area contributed by atoms with Crippen LogP contribution in [0.15, 0.2) is 157 Å². The minimum Gasteiger partial charge on any atom is -0.391 e. The van der Waals surface area contributed by atoms with E-state index >= 15 is 0 Å². The van der Waals surface area contributed by atoms with E-state index in [9.17, 15) is 0 Å². The summed E-state index contributed by atoms with van der Waals surface area (Å²) in [6, 6.07) is 50.3. The maximum Gasteiger partial charge on any atom is 0.142 e. The molecule has 5 aromatic carbocycles. The van der Waals surface area contributed by atoms with E-state index in [4.69, 9.17) is 28.5 Å². The van der Waals surface area contributed by atoms with Crippen LogP contribution in [-0.2, 0) is 61.6 Å². The summed E-state index contributed by atoms with van der Waals surface area (Å²) in [5.74, 6) is 0. The van der Waals surface area contributed by atoms with Gasteiger partial charge >= 0.3 is 0 Å². The van der Waals surface area contributed by atoms with Gasteiger partial charge in [0.1, 0.15) is 37.1 Å². The van der Waals surface area contributed by atoms with Crippen molar-refractivity contribution in [1.82, 2.24) is 0 Å². The lowest BCUT2D eigenvalue weighted by Crippen LogP contribution is -2.61. The molecule has 0 aliphatic carbocycles. The summed E-state index contributed by atoms with van der Waals surface area (Å²) in [5, 5.41) is 4.36. The summed E-state index contributed by atoms with van der Waals surface area (Å²) in [7, 11) is 0. The molecule has 1 aliphatic rings. The van der Waals surface area contributed by atoms with Gasteiger partial charge in [0.2, 0.25) is 0 Å². The fraction of sp³-hybridized carbons (Fsp3) is 0.262. The number of nitrogens with zero attached hydrogens (tertiary/aromatic N) is 1. The van der Waals surface area contributed by atoms with E-state index < -0.39 is 30.5 Å². The van der Waals surface area contributed by atoms with E-state index in [1.165, 1.54) is 0 Å². The number of hydrogen-bond acceptors (Lipinski definition) is 7. The van der Waals surface area contributed by atoms with E-state index in [0.29, 0.717) is 33.0 Å². The predicted octanol–water partition coefficient (Wildman–Crippen LogP) is 7.93. The van der Waals surface area contributed by atoms with Gasteiger partial charge in [-0.3, -0.25) is 0 Å². The third kappa shape index (κ3) is 10.7. The van der Waals surface area contributed by atoms with Crippen molar-refractivity contribution < 1.29 is 28.5 Å². The summed E-state index contributed by atoms with van der Waals surface area (Å²) in [6.07, 6.45) is -1.04. The first-order chi connectivity index (χ1) is 24.3. The van der Waals surface area contributed by atoms with E-state index in [1.807, 2.05) is 140 Å². The van der Waals surface area contributed by atoms with Gasteiger partial charge in [0.05, 0.1) is 39.2 Å². The molecule has 1 heterocycles. The summed E-state index contributed by atoms with van der Waals surface area (Å²) in [5.41, 5.74) is 5.23. The second-order valence-corrected chi connectivity index (χ2v) is 11.9. The zero-order valence-corrected chi connectivity index (χ0v) is 27.5. The SMILES string of the molecule is C(=N\OCc1ccccc1)/C1O[C@H](COCc2ccccc2)[C@@H](OCc2ccccc2)[C@H](OCc2ccccc2)[C@H]1OCc1ccccc1. The van der Waals surface area contributed by atoms with E-state index in [1.54, 1.807) is 6.21 Å². The molecule has 0 aromatic heterocycles. The molecule has 6 rings (SSSR count). The van der Waals surface area contributed by atoms with Crippen LogP contribution >= 0.6 is 0 Å². The summed E-state index contributed by atoms with van der Waals surface area (Å²) in [4.78, 5) is 5.74. The van der Waals surface area contributed by atoms with Crippen molar-refractivity contribution in [2.24, 2.45) is 5.16 Å². The Labute approximate surface area is 289 Å². The third-order valence-corrected chi connectivity index (χ3v) is 8.28. The molecule has 0 N–H and O–H groups in total. The molecule has 0 radical (unpaired) electrons. The molecular formula is C42H43NO6. The Hall–Kier alpha value is -4.63. The fourth-order valence-corrected chi connectivity index (χ4v) is 5.73.